The second-order valence-corrected chi connectivity index (χ2v) is 4.78. The van der Waals surface area contributed by atoms with E-state index in [-0.39, 0.29) is 12.3 Å². The lowest BCUT2D eigenvalue weighted by atomic mass is 10.2. The number of rotatable bonds is 4. The quantitative estimate of drug-likeness (QED) is 0.713. The summed E-state index contributed by atoms with van der Waals surface area (Å²) < 4.78 is 7.88. The Kier molecular flexibility index (Phi) is 3.84. The van der Waals surface area contributed by atoms with Crippen LogP contribution in [-0.4, -0.2) is 29.8 Å². The van der Waals surface area contributed by atoms with E-state index in [1.165, 1.54) is 18.1 Å². The van der Waals surface area contributed by atoms with Crippen molar-refractivity contribution in [3.63, 3.8) is 0 Å². The van der Waals surface area contributed by atoms with Gasteiger partial charge in [0.15, 0.2) is 0 Å². The molecule has 0 amide bonds. The molecule has 0 saturated carbocycles. The summed E-state index contributed by atoms with van der Waals surface area (Å²) in [6.45, 7) is 0.134. The van der Waals surface area contributed by atoms with E-state index in [4.69, 9.17) is 16.3 Å². The molecule has 0 unspecified atom stereocenters. The highest BCUT2D eigenvalue weighted by Gasteiger charge is 2.14. The number of tetrazole rings is 1. The first kappa shape index (κ1) is 14.2. The number of ether oxygens (including phenoxy) is 1. The first-order chi connectivity index (χ1) is 10.7. The Morgan fingerprint density at radius 1 is 1.27 bits per heavy atom. The lowest BCUT2D eigenvalue weighted by Gasteiger charge is -2.11. The Labute approximate surface area is 129 Å². The van der Waals surface area contributed by atoms with Gasteiger partial charge in [0.05, 0.1) is 5.69 Å². The number of aryl methyl sites for hydroxylation is 1. The molecule has 0 radical (unpaired) electrons. The first-order valence-electron chi connectivity index (χ1n) is 6.32. The zero-order chi connectivity index (χ0) is 15.5. The van der Waals surface area contributed by atoms with Crippen LogP contribution in [0.2, 0.25) is 5.02 Å². The van der Waals surface area contributed by atoms with Gasteiger partial charge in [-0.2, -0.15) is 9.36 Å². The Morgan fingerprint density at radius 3 is 2.82 bits per heavy atom. The molecule has 22 heavy (non-hydrogen) atoms. The minimum atomic E-state index is -0.370. The highest BCUT2D eigenvalue weighted by Crippen LogP contribution is 2.23. The normalized spacial score (nSPS) is 10.6. The summed E-state index contributed by atoms with van der Waals surface area (Å²) in [5.41, 5.74) is 0.760. The van der Waals surface area contributed by atoms with Crippen molar-refractivity contribution in [2.45, 2.75) is 6.61 Å². The van der Waals surface area contributed by atoms with Gasteiger partial charge >= 0.3 is 5.69 Å². The fraction of sp³-hybridized carbons (Fsp3) is 0.154. The van der Waals surface area contributed by atoms with E-state index in [2.05, 4.69) is 20.4 Å². The van der Waals surface area contributed by atoms with Crippen molar-refractivity contribution >= 4 is 11.6 Å². The summed E-state index contributed by atoms with van der Waals surface area (Å²) in [5, 5.41) is 7.98. The summed E-state index contributed by atoms with van der Waals surface area (Å²) in [6, 6.07) is 6.80. The summed E-state index contributed by atoms with van der Waals surface area (Å²) in [4.78, 5) is 19.8. The molecular weight excluding hydrogens is 308 g/mol. The van der Waals surface area contributed by atoms with Crippen molar-refractivity contribution in [2.75, 3.05) is 0 Å². The van der Waals surface area contributed by atoms with Crippen LogP contribution in [-0.2, 0) is 13.7 Å². The SMILES string of the molecule is Cn1nnn(-c2cccc(Cl)c2COc2ccncn2)c1=O. The van der Waals surface area contributed by atoms with Gasteiger partial charge in [-0.05, 0) is 22.6 Å². The van der Waals surface area contributed by atoms with Gasteiger partial charge in [0, 0.05) is 29.9 Å². The van der Waals surface area contributed by atoms with Crippen molar-refractivity contribution in [2.24, 2.45) is 7.05 Å². The van der Waals surface area contributed by atoms with Crippen LogP contribution in [0.15, 0.2) is 41.6 Å². The third-order valence-corrected chi connectivity index (χ3v) is 3.32. The van der Waals surface area contributed by atoms with Gasteiger partial charge in [-0.25, -0.2) is 14.8 Å². The molecule has 2 aromatic heterocycles. The van der Waals surface area contributed by atoms with E-state index >= 15 is 0 Å². The van der Waals surface area contributed by atoms with Gasteiger partial charge in [0.25, 0.3) is 0 Å². The Morgan fingerprint density at radius 2 is 2.14 bits per heavy atom. The second-order valence-electron chi connectivity index (χ2n) is 4.37. The molecule has 2 heterocycles. The molecule has 0 fully saturated rings. The van der Waals surface area contributed by atoms with Gasteiger partial charge in [-0.1, -0.05) is 17.7 Å². The van der Waals surface area contributed by atoms with Gasteiger partial charge in [0.2, 0.25) is 5.88 Å². The van der Waals surface area contributed by atoms with Crippen molar-refractivity contribution in [1.82, 2.24) is 29.8 Å². The average molecular weight is 319 g/mol. The van der Waals surface area contributed by atoms with Gasteiger partial charge in [-0.3, -0.25) is 0 Å². The standard InChI is InChI=1S/C13H11ClN6O2/c1-19-13(21)20(18-17-19)11-4-2-3-10(14)9(11)7-22-12-5-6-15-8-16-12/h2-6,8H,7H2,1H3. The van der Waals surface area contributed by atoms with E-state index in [1.54, 1.807) is 30.5 Å². The third kappa shape index (κ3) is 2.68. The molecule has 0 N–H and O–H groups in total. The van der Waals surface area contributed by atoms with Gasteiger partial charge in [-0.15, -0.1) is 0 Å². The van der Waals surface area contributed by atoms with Crippen LogP contribution in [0.4, 0.5) is 0 Å². The lowest BCUT2D eigenvalue weighted by molar-refractivity contribution is 0.292. The van der Waals surface area contributed by atoms with Crippen molar-refractivity contribution in [3.8, 4) is 11.6 Å². The number of aromatic nitrogens is 6. The zero-order valence-electron chi connectivity index (χ0n) is 11.5. The summed E-state index contributed by atoms with van der Waals surface area (Å²) in [5.74, 6) is 0.410. The van der Waals surface area contributed by atoms with E-state index in [0.29, 0.717) is 22.2 Å². The molecule has 0 aliphatic heterocycles. The monoisotopic (exact) mass is 318 g/mol. The zero-order valence-corrected chi connectivity index (χ0v) is 12.3. The molecule has 0 aliphatic rings. The minimum absolute atomic E-state index is 0.134. The van der Waals surface area contributed by atoms with E-state index in [1.807, 2.05) is 0 Å². The van der Waals surface area contributed by atoms with Gasteiger partial charge in [0.1, 0.15) is 12.9 Å². The van der Waals surface area contributed by atoms with E-state index in [0.717, 1.165) is 4.68 Å². The van der Waals surface area contributed by atoms with Crippen LogP contribution in [0.3, 0.4) is 0 Å². The first-order valence-corrected chi connectivity index (χ1v) is 6.70. The van der Waals surface area contributed by atoms with Crippen molar-refractivity contribution in [1.29, 1.82) is 0 Å². The van der Waals surface area contributed by atoms with E-state index in [9.17, 15) is 4.79 Å². The smallest absolute Gasteiger partial charge is 0.368 e. The third-order valence-electron chi connectivity index (χ3n) is 2.96. The maximum atomic E-state index is 12.0. The number of halogens is 1. The Bertz CT molecular complexity index is 845. The number of hydrogen-bond donors (Lipinski definition) is 0. The molecule has 0 atom stereocenters. The average Bonchev–Trinajstić information content (AvgIpc) is 2.86. The molecule has 1 aromatic carbocycles. The highest BCUT2D eigenvalue weighted by molar-refractivity contribution is 6.31. The van der Waals surface area contributed by atoms with Crippen LogP contribution < -0.4 is 10.4 Å². The number of benzene rings is 1. The van der Waals surface area contributed by atoms with E-state index < -0.39 is 0 Å². The minimum Gasteiger partial charge on any atom is -0.473 e. The Balaban J connectivity index is 1.97. The molecule has 3 aromatic rings. The maximum absolute atomic E-state index is 12.0. The topological polar surface area (TPSA) is 87.7 Å². The maximum Gasteiger partial charge on any atom is 0.368 e. The second kappa shape index (κ2) is 5.94. The molecular formula is C13H11ClN6O2. The van der Waals surface area contributed by atoms with Crippen LogP contribution in [0, 0.1) is 0 Å². The predicted octanol–water partition coefficient (Wildman–Crippen LogP) is 0.988. The van der Waals surface area contributed by atoms with Crippen LogP contribution in [0.1, 0.15) is 5.56 Å². The molecule has 0 spiro atoms. The fourth-order valence-corrected chi connectivity index (χ4v) is 2.09. The fourth-order valence-electron chi connectivity index (χ4n) is 1.86. The van der Waals surface area contributed by atoms with Crippen molar-refractivity contribution < 1.29 is 4.74 Å². The summed E-state index contributed by atoms with van der Waals surface area (Å²) in [7, 11) is 1.52. The van der Waals surface area contributed by atoms with Crippen LogP contribution >= 0.6 is 11.6 Å². The lowest BCUT2D eigenvalue weighted by Crippen LogP contribution is -2.23. The molecule has 0 aliphatic carbocycles. The number of hydrogen-bond acceptors (Lipinski definition) is 6. The largest absolute Gasteiger partial charge is 0.473 e. The highest BCUT2D eigenvalue weighted by atomic mass is 35.5. The summed E-state index contributed by atoms with van der Waals surface area (Å²) >= 11 is 6.22. The van der Waals surface area contributed by atoms with Crippen molar-refractivity contribution in [3.05, 3.63) is 57.9 Å². The van der Waals surface area contributed by atoms with Crippen LogP contribution in [0.5, 0.6) is 5.88 Å². The van der Waals surface area contributed by atoms with Crippen LogP contribution in [0.25, 0.3) is 5.69 Å². The number of nitrogens with zero attached hydrogens (tertiary/aromatic N) is 6. The Hall–Kier alpha value is -2.74. The molecule has 3 rings (SSSR count). The molecule has 9 heteroatoms. The molecule has 112 valence electrons. The van der Waals surface area contributed by atoms with Gasteiger partial charge < -0.3 is 4.74 Å². The predicted molar refractivity (Wildman–Crippen MR) is 78.0 cm³/mol. The molecule has 8 nitrogen and oxygen atoms in total. The summed E-state index contributed by atoms with van der Waals surface area (Å²) in [6.07, 6.45) is 2.96. The molecule has 0 bridgehead atoms. The molecule has 0 saturated heterocycles.